The van der Waals surface area contributed by atoms with Gasteiger partial charge in [-0.15, -0.1) is 26.3 Å². The average Bonchev–Trinajstić information content (AvgIpc) is 2.24. The second-order valence-corrected chi connectivity index (χ2v) is 3.22. The van der Waals surface area contributed by atoms with E-state index in [0.717, 1.165) is 12.1 Å². The molecule has 20 heavy (non-hydrogen) atoms. The van der Waals surface area contributed by atoms with Gasteiger partial charge in [0, 0.05) is 0 Å². The first kappa shape index (κ1) is 15.8. The number of hydrogen-bond donors (Lipinski definition) is 0. The van der Waals surface area contributed by atoms with Gasteiger partial charge < -0.3 is 9.47 Å². The zero-order valence-corrected chi connectivity index (χ0v) is 9.21. The predicted molar refractivity (Wildman–Crippen MR) is 49.4 cm³/mol. The molecule has 0 fully saturated rings. The normalized spacial score (nSPS) is 11.9. The van der Waals surface area contributed by atoms with Crippen molar-refractivity contribution >= 4 is 11.9 Å². The first-order chi connectivity index (χ1) is 8.99. The van der Waals surface area contributed by atoms with Crippen molar-refractivity contribution in [1.82, 2.24) is 0 Å². The third-order valence-corrected chi connectivity index (χ3v) is 1.78. The van der Waals surface area contributed by atoms with Crippen molar-refractivity contribution in [2.45, 2.75) is 12.7 Å². The van der Waals surface area contributed by atoms with Gasteiger partial charge in [0.15, 0.2) is 0 Å². The van der Waals surface area contributed by atoms with Gasteiger partial charge in [-0.1, -0.05) is 12.1 Å². The fourth-order valence-corrected chi connectivity index (χ4v) is 1.16. The molecule has 0 aromatic heterocycles. The van der Waals surface area contributed by atoms with E-state index >= 15 is 0 Å². The van der Waals surface area contributed by atoms with Crippen LogP contribution in [0.4, 0.5) is 26.3 Å². The number of benzene rings is 1. The van der Waals surface area contributed by atoms with Crippen molar-refractivity contribution in [3.8, 4) is 0 Å². The Morgan fingerprint density at radius 1 is 0.750 bits per heavy atom. The molecular weight excluding hydrogens is 298 g/mol. The smallest absolute Gasteiger partial charge is 0.369 e. The second kappa shape index (κ2) is 5.39. The molecule has 0 unspecified atom stereocenters. The number of alkyl halides is 6. The minimum atomic E-state index is -5.34. The molecule has 0 saturated carbocycles. The highest BCUT2D eigenvalue weighted by Gasteiger charge is 2.38. The number of carbonyl (C=O) groups excluding carboxylic acids is 2. The molecule has 10 heteroatoms. The molecule has 1 aromatic rings. The Balaban J connectivity index is 3.05. The Morgan fingerprint density at radius 2 is 1.05 bits per heavy atom. The highest BCUT2D eigenvalue weighted by atomic mass is 19.4. The van der Waals surface area contributed by atoms with Crippen LogP contribution in [0.15, 0.2) is 24.3 Å². The first-order valence-corrected chi connectivity index (χ1v) is 4.69. The first-order valence-electron chi connectivity index (χ1n) is 4.69. The molecule has 0 heterocycles. The molecule has 0 amide bonds. The van der Waals surface area contributed by atoms with Gasteiger partial charge in [-0.05, 0) is 12.1 Å². The fraction of sp³-hybridized carbons (Fsp3) is 0.200. The molecule has 0 radical (unpaired) electrons. The maximum atomic E-state index is 11.9. The van der Waals surface area contributed by atoms with E-state index in [0.29, 0.717) is 12.1 Å². The molecule has 1 aromatic carbocycles. The van der Waals surface area contributed by atoms with Gasteiger partial charge in [0.25, 0.3) is 0 Å². The Morgan fingerprint density at radius 3 is 1.30 bits per heavy atom. The lowest BCUT2D eigenvalue weighted by Gasteiger charge is -2.11. The lowest BCUT2D eigenvalue weighted by atomic mass is 10.1. The summed E-state index contributed by atoms with van der Waals surface area (Å²) in [5.74, 6) is -4.04. The van der Waals surface area contributed by atoms with E-state index < -0.39 is 35.8 Å². The molecule has 110 valence electrons. The monoisotopic (exact) mass is 302 g/mol. The molecule has 0 N–H and O–H groups in total. The number of ether oxygens (including phenoxy) is 2. The van der Waals surface area contributed by atoms with Gasteiger partial charge in [-0.3, -0.25) is 0 Å². The molecule has 0 aliphatic heterocycles. The van der Waals surface area contributed by atoms with Crippen molar-refractivity contribution in [2.24, 2.45) is 0 Å². The molecule has 0 bridgehead atoms. The van der Waals surface area contributed by atoms with Gasteiger partial charge in [0.2, 0.25) is 0 Å². The summed E-state index contributed by atoms with van der Waals surface area (Å²) in [4.78, 5) is 22.2. The van der Waals surface area contributed by atoms with E-state index in [1.165, 1.54) is 0 Å². The van der Waals surface area contributed by atoms with Crippen LogP contribution < -0.4 is 0 Å². The highest BCUT2D eigenvalue weighted by molar-refractivity contribution is 6.03. The van der Waals surface area contributed by atoms with Gasteiger partial charge >= 0.3 is 24.7 Å². The summed E-state index contributed by atoms with van der Waals surface area (Å²) in [5, 5.41) is 0. The number of esters is 2. The predicted octanol–water partition coefficient (Wildman–Crippen LogP) is 3.04. The molecule has 0 spiro atoms. The minimum absolute atomic E-state index is 0.695. The summed E-state index contributed by atoms with van der Waals surface area (Å²) in [6.07, 6.45) is -10.7. The summed E-state index contributed by atoms with van der Waals surface area (Å²) < 4.78 is 77.2. The van der Waals surface area contributed by atoms with E-state index in [1.54, 1.807) is 0 Å². The van der Waals surface area contributed by atoms with Crippen LogP contribution in [0.3, 0.4) is 0 Å². The van der Waals surface area contributed by atoms with E-state index in [4.69, 9.17) is 0 Å². The summed E-state index contributed by atoms with van der Waals surface area (Å²) in [6, 6.07) is 3.47. The van der Waals surface area contributed by atoms with Gasteiger partial charge in [0.05, 0.1) is 11.1 Å². The second-order valence-electron chi connectivity index (χ2n) is 3.22. The zero-order valence-electron chi connectivity index (χ0n) is 9.21. The van der Waals surface area contributed by atoms with Crippen molar-refractivity contribution in [3.63, 3.8) is 0 Å². The van der Waals surface area contributed by atoms with Crippen LogP contribution in [0, 0.1) is 0 Å². The topological polar surface area (TPSA) is 52.6 Å². The molecule has 0 saturated heterocycles. The maximum absolute atomic E-state index is 11.9. The molecular formula is C10H4F6O4. The van der Waals surface area contributed by atoms with E-state index in [9.17, 15) is 35.9 Å². The number of halogens is 6. The third kappa shape index (κ3) is 4.78. The van der Waals surface area contributed by atoms with Crippen molar-refractivity contribution < 1.29 is 45.4 Å². The van der Waals surface area contributed by atoms with Gasteiger partial charge in [0.1, 0.15) is 0 Å². The van der Waals surface area contributed by atoms with Gasteiger partial charge in [-0.25, -0.2) is 9.59 Å². The quantitative estimate of drug-likeness (QED) is 0.622. The van der Waals surface area contributed by atoms with E-state index in [2.05, 4.69) is 9.47 Å². The average molecular weight is 302 g/mol. The van der Waals surface area contributed by atoms with E-state index in [-0.39, 0.29) is 0 Å². The van der Waals surface area contributed by atoms with Crippen LogP contribution in [0.25, 0.3) is 0 Å². The summed E-state index contributed by atoms with van der Waals surface area (Å²) in [6.45, 7) is 0. The van der Waals surface area contributed by atoms with Crippen molar-refractivity contribution in [1.29, 1.82) is 0 Å². The fourth-order valence-electron chi connectivity index (χ4n) is 1.16. The van der Waals surface area contributed by atoms with Crippen molar-refractivity contribution in [2.75, 3.05) is 0 Å². The SMILES string of the molecule is O=C(OC(F)(F)F)c1ccccc1C(=O)OC(F)(F)F. The van der Waals surface area contributed by atoms with E-state index in [1.807, 2.05) is 0 Å². The molecule has 4 nitrogen and oxygen atoms in total. The van der Waals surface area contributed by atoms with Crippen LogP contribution >= 0.6 is 0 Å². The standard InChI is InChI=1S/C10H4F6O4/c11-9(12,13)19-7(17)5-3-1-2-4-6(5)8(18)20-10(14,15)16/h1-4H. The summed E-state index contributed by atoms with van der Waals surface area (Å²) in [7, 11) is 0. The van der Waals surface area contributed by atoms with Gasteiger partial charge in [-0.2, -0.15) is 0 Å². The number of hydrogen-bond acceptors (Lipinski definition) is 4. The summed E-state index contributed by atoms with van der Waals surface area (Å²) >= 11 is 0. The Bertz CT molecular complexity index is 472. The lowest BCUT2D eigenvalue weighted by molar-refractivity contribution is -0.294. The highest BCUT2D eigenvalue weighted by Crippen LogP contribution is 2.23. The molecule has 0 atom stereocenters. The minimum Gasteiger partial charge on any atom is -0.369 e. The largest absolute Gasteiger partial charge is 0.575 e. The molecule has 0 aliphatic rings. The number of carbonyl (C=O) groups is 2. The van der Waals surface area contributed by atoms with Crippen LogP contribution in [0.1, 0.15) is 20.7 Å². The van der Waals surface area contributed by atoms with Crippen molar-refractivity contribution in [3.05, 3.63) is 35.4 Å². The lowest BCUT2D eigenvalue weighted by Crippen LogP contribution is -2.24. The Hall–Kier alpha value is -2.26. The summed E-state index contributed by atoms with van der Waals surface area (Å²) in [5.41, 5.74) is -2.00. The molecule has 0 aliphatic carbocycles. The van der Waals surface area contributed by atoms with Crippen LogP contribution in [-0.2, 0) is 9.47 Å². The Kier molecular flexibility index (Phi) is 4.26. The zero-order chi connectivity index (χ0) is 15.6. The van der Waals surface area contributed by atoms with Crippen LogP contribution in [-0.4, -0.2) is 24.7 Å². The molecule has 1 rings (SSSR count). The van der Waals surface area contributed by atoms with Crippen LogP contribution in [0.5, 0.6) is 0 Å². The Labute approximate surface area is 106 Å². The number of rotatable bonds is 2. The van der Waals surface area contributed by atoms with Crippen LogP contribution in [0.2, 0.25) is 0 Å². The third-order valence-electron chi connectivity index (χ3n) is 1.78. The maximum Gasteiger partial charge on any atom is 0.575 e.